The van der Waals surface area contributed by atoms with Gasteiger partial charge in [0.25, 0.3) is 0 Å². The number of hydrogen-bond donors (Lipinski definition) is 2. The summed E-state index contributed by atoms with van der Waals surface area (Å²) in [4.78, 5) is 11.9. The van der Waals surface area contributed by atoms with E-state index in [2.05, 4.69) is 43.4 Å². The topological polar surface area (TPSA) is 55.1 Å². The molecule has 0 aromatic heterocycles. The van der Waals surface area contributed by atoms with Crippen molar-refractivity contribution in [2.45, 2.75) is 26.3 Å². The molecule has 3 N–H and O–H groups in total. The van der Waals surface area contributed by atoms with E-state index in [0.29, 0.717) is 18.9 Å². The fourth-order valence-electron chi connectivity index (χ4n) is 2.06. The van der Waals surface area contributed by atoms with Gasteiger partial charge in [0.1, 0.15) is 0 Å². The van der Waals surface area contributed by atoms with Crippen LogP contribution >= 0.6 is 0 Å². The normalized spacial score (nSPS) is 12.6. The van der Waals surface area contributed by atoms with Crippen LogP contribution in [0.5, 0.6) is 0 Å². The van der Waals surface area contributed by atoms with E-state index < -0.39 is 0 Å². The lowest BCUT2D eigenvalue weighted by molar-refractivity contribution is -0.120. The fraction of sp³-hybridized carbons (Fsp3) is 0.353. The number of nitrogens with two attached hydrogens (primary N) is 1. The highest BCUT2D eigenvalue weighted by atomic mass is 16.1. The van der Waals surface area contributed by atoms with Gasteiger partial charge in [0.15, 0.2) is 0 Å². The molecule has 2 aromatic rings. The lowest BCUT2D eigenvalue weighted by Gasteiger charge is -2.16. The highest BCUT2D eigenvalue weighted by Crippen LogP contribution is 2.15. The zero-order chi connectivity index (χ0) is 14.5. The molecular weight excluding hydrogens is 248 g/mol. The van der Waals surface area contributed by atoms with E-state index in [1.165, 1.54) is 5.39 Å². The Kier molecular flexibility index (Phi) is 4.74. The number of rotatable bonds is 5. The number of benzene rings is 2. The number of fused-ring (bicyclic) bond motifs is 1. The predicted octanol–water partition coefficient (Wildman–Crippen LogP) is 2.48. The number of amides is 1. The molecule has 2 rings (SSSR count). The highest BCUT2D eigenvalue weighted by molar-refractivity contribution is 5.85. The molecule has 3 heteroatoms. The van der Waals surface area contributed by atoms with Crippen LogP contribution in [0, 0.1) is 5.92 Å². The van der Waals surface area contributed by atoms with Crippen molar-refractivity contribution in [3.63, 3.8) is 0 Å². The Morgan fingerprint density at radius 2 is 1.85 bits per heavy atom. The van der Waals surface area contributed by atoms with Gasteiger partial charge < -0.3 is 11.1 Å². The van der Waals surface area contributed by atoms with Crippen molar-refractivity contribution in [1.29, 1.82) is 0 Å². The zero-order valence-electron chi connectivity index (χ0n) is 12.1. The molecular formula is C17H22N2O. The number of carbonyl (C=O) groups is 1. The summed E-state index contributed by atoms with van der Waals surface area (Å²) in [7, 11) is 0. The molecule has 20 heavy (non-hydrogen) atoms. The summed E-state index contributed by atoms with van der Waals surface area (Å²) in [5.74, 6) is 0.396. The van der Waals surface area contributed by atoms with Gasteiger partial charge in [-0.05, 0) is 22.3 Å². The van der Waals surface area contributed by atoms with E-state index in [4.69, 9.17) is 5.73 Å². The van der Waals surface area contributed by atoms with Gasteiger partial charge in [-0.25, -0.2) is 0 Å². The minimum Gasteiger partial charge on any atom is -0.354 e. The Morgan fingerprint density at radius 1 is 1.15 bits per heavy atom. The maximum absolute atomic E-state index is 11.9. The Hall–Kier alpha value is -1.87. The molecule has 106 valence electrons. The van der Waals surface area contributed by atoms with Crippen LogP contribution in [-0.4, -0.2) is 18.5 Å². The molecule has 1 atom stereocenters. The summed E-state index contributed by atoms with van der Waals surface area (Å²) in [6.45, 7) is 4.64. The molecule has 0 fully saturated rings. The molecule has 0 radical (unpaired) electrons. The van der Waals surface area contributed by atoms with Gasteiger partial charge in [-0.2, -0.15) is 0 Å². The highest BCUT2D eigenvalue weighted by Gasteiger charge is 2.10. The third-order valence-corrected chi connectivity index (χ3v) is 3.57. The van der Waals surface area contributed by atoms with Crippen molar-refractivity contribution >= 4 is 16.7 Å². The van der Waals surface area contributed by atoms with Crippen LogP contribution in [0.25, 0.3) is 10.8 Å². The van der Waals surface area contributed by atoms with E-state index in [9.17, 15) is 4.79 Å². The molecule has 0 aliphatic rings. The molecule has 0 spiro atoms. The quantitative estimate of drug-likeness (QED) is 0.877. The average Bonchev–Trinajstić information content (AvgIpc) is 2.44. The second kappa shape index (κ2) is 6.53. The first kappa shape index (κ1) is 14.5. The van der Waals surface area contributed by atoms with Crippen molar-refractivity contribution < 1.29 is 4.79 Å². The van der Waals surface area contributed by atoms with Crippen LogP contribution < -0.4 is 11.1 Å². The third-order valence-electron chi connectivity index (χ3n) is 3.57. The average molecular weight is 270 g/mol. The summed E-state index contributed by atoms with van der Waals surface area (Å²) in [6, 6.07) is 14.3. The summed E-state index contributed by atoms with van der Waals surface area (Å²) < 4.78 is 0. The number of hydrogen-bond acceptors (Lipinski definition) is 2. The summed E-state index contributed by atoms with van der Waals surface area (Å²) in [5, 5.41) is 5.25. The summed E-state index contributed by atoms with van der Waals surface area (Å²) >= 11 is 0. The van der Waals surface area contributed by atoms with Gasteiger partial charge in [0, 0.05) is 12.6 Å². The second-order valence-corrected chi connectivity index (χ2v) is 5.57. The monoisotopic (exact) mass is 270 g/mol. The Balaban J connectivity index is 1.96. The zero-order valence-corrected chi connectivity index (χ0v) is 12.1. The van der Waals surface area contributed by atoms with Gasteiger partial charge in [-0.15, -0.1) is 0 Å². The van der Waals surface area contributed by atoms with Crippen LogP contribution in [0.1, 0.15) is 19.4 Å². The Morgan fingerprint density at radius 3 is 2.55 bits per heavy atom. The largest absolute Gasteiger partial charge is 0.354 e. The molecule has 1 unspecified atom stereocenters. The van der Waals surface area contributed by atoms with E-state index in [1.54, 1.807) is 0 Å². The van der Waals surface area contributed by atoms with Crippen molar-refractivity contribution in [3.8, 4) is 0 Å². The van der Waals surface area contributed by atoms with Gasteiger partial charge in [0.05, 0.1) is 6.42 Å². The van der Waals surface area contributed by atoms with Crippen molar-refractivity contribution in [1.82, 2.24) is 5.32 Å². The summed E-state index contributed by atoms with van der Waals surface area (Å²) in [6.07, 6.45) is 0.398. The van der Waals surface area contributed by atoms with Crippen LogP contribution in [0.3, 0.4) is 0 Å². The van der Waals surface area contributed by atoms with Crippen molar-refractivity contribution in [2.24, 2.45) is 11.7 Å². The minimum absolute atomic E-state index is 0.00977. The Bertz CT molecular complexity index is 592. The molecule has 2 aromatic carbocycles. The molecule has 0 saturated heterocycles. The minimum atomic E-state index is 0.00977. The van der Waals surface area contributed by atoms with Gasteiger partial charge in [-0.1, -0.05) is 56.3 Å². The molecule has 0 saturated carbocycles. The maximum Gasteiger partial charge on any atom is 0.224 e. The van der Waals surface area contributed by atoms with Gasteiger partial charge in [0.2, 0.25) is 5.91 Å². The lowest BCUT2D eigenvalue weighted by atomic mass is 10.0. The SMILES string of the molecule is CC(C)C(N)CNC(=O)Cc1ccc2ccccc2c1. The maximum atomic E-state index is 11.9. The predicted molar refractivity (Wildman–Crippen MR) is 83.5 cm³/mol. The third kappa shape index (κ3) is 3.81. The first-order valence-corrected chi connectivity index (χ1v) is 7.06. The molecule has 1 amide bonds. The van der Waals surface area contributed by atoms with E-state index >= 15 is 0 Å². The van der Waals surface area contributed by atoms with E-state index in [-0.39, 0.29) is 11.9 Å². The fourth-order valence-corrected chi connectivity index (χ4v) is 2.06. The first-order valence-electron chi connectivity index (χ1n) is 7.06. The molecule has 3 nitrogen and oxygen atoms in total. The molecule has 0 aliphatic heterocycles. The van der Waals surface area contributed by atoms with Gasteiger partial charge >= 0.3 is 0 Å². The van der Waals surface area contributed by atoms with Crippen molar-refractivity contribution in [2.75, 3.05) is 6.54 Å². The van der Waals surface area contributed by atoms with Crippen LogP contribution in [0.4, 0.5) is 0 Å². The van der Waals surface area contributed by atoms with Crippen LogP contribution in [0.2, 0.25) is 0 Å². The lowest BCUT2D eigenvalue weighted by Crippen LogP contribution is -2.40. The summed E-state index contributed by atoms with van der Waals surface area (Å²) in [5.41, 5.74) is 6.94. The van der Waals surface area contributed by atoms with E-state index in [0.717, 1.165) is 10.9 Å². The van der Waals surface area contributed by atoms with Gasteiger partial charge in [-0.3, -0.25) is 4.79 Å². The molecule has 0 aliphatic carbocycles. The molecule has 0 bridgehead atoms. The smallest absolute Gasteiger partial charge is 0.224 e. The Labute approximate surface area is 120 Å². The standard InChI is InChI=1S/C17H22N2O/c1-12(2)16(18)11-19-17(20)10-13-7-8-14-5-3-4-6-15(14)9-13/h3-9,12,16H,10-11,18H2,1-2H3,(H,19,20). The number of nitrogens with one attached hydrogen (secondary N) is 1. The van der Waals surface area contributed by atoms with Crippen LogP contribution in [-0.2, 0) is 11.2 Å². The first-order chi connectivity index (χ1) is 9.56. The number of carbonyl (C=O) groups excluding carboxylic acids is 1. The van der Waals surface area contributed by atoms with Crippen LogP contribution in [0.15, 0.2) is 42.5 Å². The second-order valence-electron chi connectivity index (χ2n) is 5.57. The van der Waals surface area contributed by atoms with Crippen molar-refractivity contribution in [3.05, 3.63) is 48.0 Å². The van der Waals surface area contributed by atoms with E-state index in [1.807, 2.05) is 18.2 Å². The molecule has 0 heterocycles.